The fourth-order valence-corrected chi connectivity index (χ4v) is 6.11. The van der Waals surface area contributed by atoms with Gasteiger partial charge in [-0.25, -0.2) is 0 Å². The van der Waals surface area contributed by atoms with E-state index in [0.717, 1.165) is 16.1 Å². The average molecular weight is 521 g/mol. The summed E-state index contributed by atoms with van der Waals surface area (Å²) in [4.78, 5) is 45.1. The Hall–Kier alpha value is -3.76. The van der Waals surface area contributed by atoms with Crippen LogP contribution in [-0.4, -0.2) is 73.0 Å². The lowest BCUT2D eigenvalue weighted by Crippen LogP contribution is -2.53. The fourth-order valence-electron chi connectivity index (χ4n) is 5.24. The molecule has 0 aliphatic carbocycles. The lowest BCUT2D eigenvalue weighted by Gasteiger charge is -2.44. The monoisotopic (exact) mass is 520 g/mol. The number of carbonyl (C=O) groups excluding carboxylic acids is 2. The minimum Gasteiger partial charge on any atom is -0.383 e. The van der Waals surface area contributed by atoms with E-state index in [9.17, 15) is 19.7 Å². The van der Waals surface area contributed by atoms with Crippen LogP contribution in [0, 0.1) is 10.1 Å². The van der Waals surface area contributed by atoms with Crippen LogP contribution in [0.15, 0.2) is 66.0 Å². The van der Waals surface area contributed by atoms with Gasteiger partial charge >= 0.3 is 0 Å². The number of fused-ring (bicyclic) bond motifs is 1. The van der Waals surface area contributed by atoms with Crippen molar-refractivity contribution in [1.29, 1.82) is 0 Å². The molecular weight excluding hydrogens is 492 g/mol. The van der Waals surface area contributed by atoms with Crippen molar-refractivity contribution < 1.29 is 19.2 Å². The Morgan fingerprint density at radius 2 is 1.78 bits per heavy atom. The molecule has 0 radical (unpaired) electrons. The van der Waals surface area contributed by atoms with Crippen LogP contribution < -0.4 is 4.90 Å². The number of thiophene rings is 1. The topological polar surface area (TPSA) is 96.2 Å². The number of benzene rings is 2. The molecule has 2 aliphatic heterocycles. The molecule has 2 atom stereocenters. The predicted molar refractivity (Wildman–Crippen MR) is 141 cm³/mol. The molecule has 0 N–H and O–H groups in total. The van der Waals surface area contributed by atoms with Gasteiger partial charge < -0.3 is 19.4 Å². The van der Waals surface area contributed by atoms with Gasteiger partial charge in [0.2, 0.25) is 5.91 Å². The van der Waals surface area contributed by atoms with Gasteiger partial charge in [0, 0.05) is 68.1 Å². The summed E-state index contributed by atoms with van der Waals surface area (Å²) in [6, 6.07) is 17.5. The lowest BCUT2D eigenvalue weighted by atomic mass is 9.81. The molecule has 2 aliphatic rings. The number of hydrogen-bond donors (Lipinski definition) is 0. The van der Waals surface area contributed by atoms with Crippen molar-refractivity contribution in [3.63, 3.8) is 0 Å². The smallest absolute Gasteiger partial charge is 0.269 e. The van der Waals surface area contributed by atoms with E-state index >= 15 is 0 Å². The molecule has 0 bridgehead atoms. The highest BCUT2D eigenvalue weighted by Crippen LogP contribution is 2.45. The van der Waals surface area contributed by atoms with E-state index in [1.807, 2.05) is 40.6 Å². The number of nitro benzene ring substituents is 1. The molecule has 3 heterocycles. The van der Waals surface area contributed by atoms with Crippen molar-refractivity contribution in [3.8, 4) is 0 Å². The minimum absolute atomic E-state index is 0.00381. The number of amides is 2. The summed E-state index contributed by atoms with van der Waals surface area (Å²) >= 11 is 1.55. The van der Waals surface area contributed by atoms with E-state index in [4.69, 9.17) is 4.74 Å². The van der Waals surface area contributed by atoms with Gasteiger partial charge in [0.1, 0.15) is 0 Å². The second-order valence-electron chi connectivity index (χ2n) is 9.10. The van der Waals surface area contributed by atoms with Crippen LogP contribution in [0.4, 0.5) is 11.4 Å². The highest BCUT2D eigenvalue weighted by molar-refractivity contribution is 7.10. The van der Waals surface area contributed by atoms with Gasteiger partial charge in [-0.15, -0.1) is 11.3 Å². The Labute approximate surface area is 219 Å². The summed E-state index contributed by atoms with van der Waals surface area (Å²) < 4.78 is 5.30. The average Bonchev–Trinajstić information content (AvgIpc) is 3.47. The number of rotatable bonds is 7. The van der Waals surface area contributed by atoms with Gasteiger partial charge in [-0.05, 0) is 35.2 Å². The normalized spacial score (nSPS) is 19.6. The fraction of sp³-hybridized carbons (Fsp3) is 0.333. The Morgan fingerprint density at radius 1 is 1.05 bits per heavy atom. The number of methoxy groups -OCH3 is 1. The van der Waals surface area contributed by atoms with Gasteiger partial charge in [0.05, 0.1) is 23.5 Å². The minimum atomic E-state index is -0.518. The third-order valence-corrected chi connectivity index (χ3v) is 8.04. The Bertz CT molecular complexity index is 1270. The summed E-state index contributed by atoms with van der Waals surface area (Å²) in [6.07, 6.45) is 0. The van der Waals surface area contributed by atoms with Gasteiger partial charge in [0.15, 0.2) is 0 Å². The Kier molecular flexibility index (Phi) is 7.20. The Balaban J connectivity index is 1.41. The second-order valence-corrected chi connectivity index (χ2v) is 10.1. The molecule has 9 nitrogen and oxygen atoms in total. The Morgan fingerprint density at radius 3 is 2.43 bits per heavy atom. The molecule has 1 saturated heterocycles. The number of carbonyl (C=O) groups is 2. The number of nitro groups is 1. The van der Waals surface area contributed by atoms with Crippen LogP contribution in [0.5, 0.6) is 0 Å². The molecule has 1 aromatic heterocycles. The first-order valence-corrected chi connectivity index (χ1v) is 13.1. The van der Waals surface area contributed by atoms with E-state index < -0.39 is 16.9 Å². The number of anilines is 1. The zero-order chi connectivity index (χ0) is 25.9. The summed E-state index contributed by atoms with van der Waals surface area (Å²) in [5.74, 6) is -0.600. The molecule has 37 heavy (non-hydrogen) atoms. The molecule has 5 rings (SSSR count). The van der Waals surface area contributed by atoms with Crippen molar-refractivity contribution >= 4 is 34.5 Å². The zero-order valence-electron chi connectivity index (χ0n) is 20.5. The molecule has 0 spiro atoms. The number of nitrogens with zero attached hydrogens (tertiary/aromatic N) is 4. The van der Waals surface area contributed by atoms with E-state index in [-0.39, 0.29) is 17.5 Å². The van der Waals surface area contributed by atoms with Crippen LogP contribution >= 0.6 is 11.3 Å². The molecule has 192 valence electrons. The number of non-ortho nitro benzene ring substituents is 1. The van der Waals surface area contributed by atoms with Crippen LogP contribution in [0.2, 0.25) is 0 Å². The third-order valence-electron chi connectivity index (χ3n) is 7.09. The SMILES string of the molecule is COCCN1C(=O)c2ccccc2C(C(=O)N2CCN(c3ccc([N+](=O)[O-])cc3)CC2)C1c1cccs1. The molecule has 2 unspecified atom stereocenters. The van der Waals surface area contributed by atoms with Crippen molar-refractivity contribution in [3.05, 3.63) is 92.2 Å². The zero-order valence-corrected chi connectivity index (χ0v) is 21.3. The van der Waals surface area contributed by atoms with Crippen LogP contribution in [0.3, 0.4) is 0 Å². The van der Waals surface area contributed by atoms with Gasteiger partial charge in [0.25, 0.3) is 11.6 Å². The maximum Gasteiger partial charge on any atom is 0.269 e. The van der Waals surface area contributed by atoms with E-state index in [1.54, 1.807) is 41.5 Å². The van der Waals surface area contributed by atoms with Gasteiger partial charge in [-0.1, -0.05) is 24.3 Å². The third kappa shape index (κ3) is 4.82. The van der Waals surface area contributed by atoms with Crippen molar-refractivity contribution in [1.82, 2.24) is 9.80 Å². The maximum atomic E-state index is 14.2. The van der Waals surface area contributed by atoms with E-state index in [0.29, 0.717) is 44.9 Å². The molecule has 10 heteroatoms. The molecule has 1 fully saturated rings. The van der Waals surface area contributed by atoms with Crippen molar-refractivity contribution in [2.75, 3.05) is 51.3 Å². The summed E-state index contributed by atoms with van der Waals surface area (Å²) in [5.41, 5.74) is 2.28. The molecule has 2 aromatic carbocycles. The van der Waals surface area contributed by atoms with Gasteiger partial charge in [-0.3, -0.25) is 19.7 Å². The first-order valence-electron chi connectivity index (χ1n) is 12.2. The number of piperazine rings is 1. The van der Waals surface area contributed by atoms with E-state index in [1.165, 1.54) is 12.1 Å². The number of ether oxygens (including phenoxy) is 1. The first-order chi connectivity index (χ1) is 18.0. The van der Waals surface area contributed by atoms with E-state index in [2.05, 4.69) is 4.90 Å². The molecular formula is C27H28N4O5S. The second kappa shape index (κ2) is 10.7. The lowest BCUT2D eigenvalue weighted by molar-refractivity contribution is -0.384. The standard InChI is InChI=1S/C27H28N4O5S/c1-36-17-16-30-25(23-7-4-18-37-23)24(21-5-2-3-6-22(21)26(30)32)27(33)29-14-12-28(13-15-29)19-8-10-20(11-9-19)31(34)35/h2-11,18,24-25H,12-17H2,1H3. The highest BCUT2D eigenvalue weighted by Gasteiger charge is 2.46. The van der Waals surface area contributed by atoms with Crippen molar-refractivity contribution in [2.24, 2.45) is 0 Å². The summed E-state index contributed by atoms with van der Waals surface area (Å²) in [5, 5.41) is 12.9. The van der Waals surface area contributed by atoms with Crippen molar-refractivity contribution in [2.45, 2.75) is 12.0 Å². The highest BCUT2D eigenvalue weighted by atomic mass is 32.1. The number of hydrogen-bond acceptors (Lipinski definition) is 7. The summed E-state index contributed by atoms with van der Waals surface area (Å²) in [6.45, 7) is 3.06. The largest absolute Gasteiger partial charge is 0.383 e. The molecule has 2 amide bonds. The van der Waals surface area contributed by atoms with Crippen LogP contribution in [0.1, 0.15) is 32.8 Å². The van der Waals surface area contributed by atoms with Crippen LogP contribution in [-0.2, 0) is 9.53 Å². The molecule has 3 aromatic rings. The summed E-state index contributed by atoms with van der Waals surface area (Å²) in [7, 11) is 1.61. The van der Waals surface area contributed by atoms with Crippen LogP contribution in [0.25, 0.3) is 0 Å². The first kappa shape index (κ1) is 24.9. The predicted octanol–water partition coefficient (Wildman–Crippen LogP) is 3.93. The quantitative estimate of drug-likeness (QED) is 0.346. The molecule has 0 saturated carbocycles. The van der Waals surface area contributed by atoms with Gasteiger partial charge in [-0.2, -0.15) is 0 Å². The maximum absolute atomic E-state index is 14.2.